The Labute approximate surface area is 118 Å². The Morgan fingerprint density at radius 3 is 1.43 bits per heavy atom. The van der Waals surface area contributed by atoms with E-state index in [1.165, 1.54) is 18.2 Å². The summed E-state index contributed by atoms with van der Waals surface area (Å²) in [6.07, 6.45) is 0. The van der Waals surface area contributed by atoms with Crippen molar-refractivity contribution in [2.45, 2.75) is 0 Å². The minimum absolute atomic E-state index is 0.289. The maximum absolute atomic E-state index is 10.3. The van der Waals surface area contributed by atoms with Crippen molar-refractivity contribution >= 4 is 5.97 Å². The normalized spacial score (nSPS) is 9.52. The Morgan fingerprint density at radius 1 is 0.714 bits per heavy atom. The van der Waals surface area contributed by atoms with Gasteiger partial charge in [0.15, 0.2) is 34.5 Å². The number of phenolic OH excluding ortho intramolecular Hbond substituents is 6. The van der Waals surface area contributed by atoms with Gasteiger partial charge in [-0.2, -0.15) is 0 Å². The molecule has 0 heterocycles. The molecular weight excluding hydrogens is 284 g/mol. The second-order valence-electron chi connectivity index (χ2n) is 3.81. The molecule has 2 aromatic carbocycles. The van der Waals surface area contributed by atoms with E-state index in [2.05, 4.69) is 0 Å². The van der Waals surface area contributed by atoms with Crippen LogP contribution in [0, 0.1) is 0 Å². The number of rotatable bonds is 1. The molecule has 2 aromatic rings. The van der Waals surface area contributed by atoms with Crippen LogP contribution < -0.4 is 0 Å². The summed E-state index contributed by atoms with van der Waals surface area (Å²) >= 11 is 0. The Balaban J connectivity index is 0.000000219. The Morgan fingerprint density at radius 2 is 1.10 bits per heavy atom. The van der Waals surface area contributed by atoms with E-state index in [9.17, 15) is 4.79 Å². The molecule has 0 atom stereocenters. The summed E-state index contributed by atoms with van der Waals surface area (Å²) in [6, 6.07) is 5.70. The lowest BCUT2D eigenvalue weighted by Gasteiger charge is -2.01. The van der Waals surface area contributed by atoms with E-state index in [0.717, 1.165) is 12.1 Å². The molecule has 0 aromatic heterocycles. The van der Waals surface area contributed by atoms with E-state index in [1.54, 1.807) is 0 Å². The predicted molar refractivity (Wildman–Crippen MR) is 69.8 cm³/mol. The van der Waals surface area contributed by atoms with Crippen LogP contribution in [0.15, 0.2) is 30.3 Å². The number of aromatic hydroxyl groups is 6. The Kier molecular flexibility index (Phi) is 4.68. The third-order valence-corrected chi connectivity index (χ3v) is 2.31. The lowest BCUT2D eigenvalue weighted by molar-refractivity contribution is 0.0696. The van der Waals surface area contributed by atoms with Gasteiger partial charge in [-0.05, 0) is 24.3 Å². The molecule has 21 heavy (non-hydrogen) atoms. The molecule has 0 bridgehead atoms. The van der Waals surface area contributed by atoms with Crippen molar-refractivity contribution in [3.63, 3.8) is 0 Å². The average Bonchev–Trinajstić information content (AvgIpc) is 2.42. The maximum atomic E-state index is 10.3. The van der Waals surface area contributed by atoms with Crippen molar-refractivity contribution in [2.75, 3.05) is 0 Å². The van der Waals surface area contributed by atoms with Crippen molar-refractivity contribution in [3.05, 3.63) is 35.9 Å². The van der Waals surface area contributed by atoms with Gasteiger partial charge in [0.2, 0.25) is 0 Å². The fraction of sp³-hybridized carbons (Fsp3) is 0. The highest BCUT2D eigenvalue weighted by Crippen LogP contribution is 2.35. The van der Waals surface area contributed by atoms with E-state index < -0.39 is 29.0 Å². The number of hydrogen-bond acceptors (Lipinski definition) is 7. The summed E-state index contributed by atoms with van der Waals surface area (Å²) in [7, 11) is 0. The van der Waals surface area contributed by atoms with E-state index in [0.29, 0.717) is 0 Å². The molecule has 0 fully saturated rings. The van der Waals surface area contributed by atoms with Crippen molar-refractivity contribution < 1.29 is 40.5 Å². The van der Waals surface area contributed by atoms with Gasteiger partial charge in [0.1, 0.15) is 0 Å². The predicted octanol–water partition coefficient (Wildman–Crippen LogP) is 1.30. The number of benzene rings is 2. The summed E-state index contributed by atoms with van der Waals surface area (Å²) in [5.41, 5.74) is -0.289. The standard InChI is InChI=1S/C7H6O5.C6H6O3/c8-4-1-3(7(11)12)2-5(9)6(4)10;7-4-2-1-3-5(8)6(4)9/h1-2,8-10H,(H,11,12);1-3,7-9H. The van der Waals surface area contributed by atoms with Crippen molar-refractivity contribution in [1.82, 2.24) is 0 Å². The molecule has 8 nitrogen and oxygen atoms in total. The smallest absolute Gasteiger partial charge is 0.335 e. The summed E-state index contributed by atoms with van der Waals surface area (Å²) in [5.74, 6) is -4.43. The monoisotopic (exact) mass is 296 g/mol. The number of carbonyl (C=O) groups is 1. The first kappa shape index (κ1) is 15.8. The number of para-hydroxylation sites is 1. The average molecular weight is 296 g/mol. The van der Waals surface area contributed by atoms with Crippen molar-refractivity contribution in [2.24, 2.45) is 0 Å². The zero-order chi connectivity index (χ0) is 16.2. The zero-order valence-corrected chi connectivity index (χ0v) is 10.4. The SMILES string of the molecule is O=C(O)c1cc(O)c(O)c(O)c1.Oc1cccc(O)c1O. The summed E-state index contributed by atoms with van der Waals surface area (Å²) < 4.78 is 0. The van der Waals surface area contributed by atoms with Crippen LogP contribution in [0.5, 0.6) is 34.5 Å². The minimum atomic E-state index is -1.29. The van der Waals surface area contributed by atoms with Crippen LogP contribution in [0.2, 0.25) is 0 Å². The van der Waals surface area contributed by atoms with E-state index in [-0.39, 0.29) is 17.1 Å². The lowest BCUT2D eigenvalue weighted by Crippen LogP contribution is -1.95. The molecule has 0 saturated carbocycles. The highest BCUT2D eigenvalue weighted by Gasteiger charge is 2.11. The number of aromatic carboxylic acids is 1. The molecule has 0 amide bonds. The number of carboxylic acid groups (broad SMARTS) is 1. The highest BCUT2D eigenvalue weighted by atomic mass is 16.4. The fourth-order valence-electron chi connectivity index (χ4n) is 1.25. The van der Waals surface area contributed by atoms with Crippen LogP contribution in [0.4, 0.5) is 0 Å². The summed E-state index contributed by atoms with van der Waals surface area (Å²) in [6.45, 7) is 0. The third kappa shape index (κ3) is 3.83. The second-order valence-corrected chi connectivity index (χ2v) is 3.81. The molecule has 0 spiro atoms. The van der Waals surface area contributed by atoms with Crippen LogP contribution >= 0.6 is 0 Å². The zero-order valence-electron chi connectivity index (χ0n) is 10.4. The second kappa shape index (κ2) is 6.24. The number of hydrogen-bond donors (Lipinski definition) is 7. The Hall–Kier alpha value is -3.29. The first-order valence-electron chi connectivity index (χ1n) is 5.42. The van der Waals surface area contributed by atoms with Crippen LogP contribution in [0.1, 0.15) is 10.4 Å². The molecule has 0 unspecified atom stereocenters. The van der Waals surface area contributed by atoms with Gasteiger partial charge in [-0.3, -0.25) is 0 Å². The first-order valence-corrected chi connectivity index (χ1v) is 5.42. The number of phenols is 6. The molecule has 8 heteroatoms. The van der Waals surface area contributed by atoms with Gasteiger partial charge >= 0.3 is 5.97 Å². The molecule has 0 radical (unpaired) electrons. The maximum Gasteiger partial charge on any atom is 0.335 e. The van der Waals surface area contributed by atoms with Crippen molar-refractivity contribution in [3.8, 4) is 34.5 Å². The van der Waals surface area contributed by atoms with E-state index in [4.69, 9.17) is 35.7 Å². The summed E-state index contributed by atoms with van der Waals surface area (Å²) in [4.78, 5) is 10.3. The fourth-order valence-corrected chi connectivity index (χ4v) is 1.25. The van der Waals surface area contributed by atoms with Crippen LogP contribution in [-0.2, 0) is 0 Å². The molecule has 0 aliphatic heterocycles. The molecule has 112 valence electrons. The molecule has 7 N–H and O–H groups in total. The van der Waals surface area contributed by atoms with Gasteiger partial charge in [-0.1, -0.05) is 6.07 Å². The summed E-state index contributed by atoms with van der Waals surface area (Å²) in [5, 5.41) is 61.0. The minimum Gasteiger partial charge on any atom is -0.504 e. The van der Waals surface area contributed by atoms with Gasteiger partial charge < -0.3 is 35.7 Å². The molecule has 0 aliphatic carbocycles. The molecular formula is C13H12O8. The van der Waals surface area contributed by atoms with Gasteiger partial charge in [0, 0.05) is 0 Å². The third-order valence-electron chi connectivity index (χ3n) is 2.31. The first-order chi connectivity index (χ1) is 9.73. The largest absolute Gasteiger partial charge is 0.504 e. The van der Waals surface area contributed by atoms with Crippen LogP contribution in [0.25, 0.3) is 0 Å². The highest BCUT2D eigenvalue weighted by molar-refractivity contribution is 5.89. The quantitative estimate of drug-likeness (QED) is 0.388. The van der Waals surface area contributed by atoms with E-state index in [1.807, 2.05) is 0 Å². The lowest BCUT2D eigenvalue weighted by atomic mass is 10.2. The topological polar surface area (TPSA) is 159 Å². The number of carboxylic acids is 1. The molecule has 0 saturated heterocycles. The van der Waals surface area contributed by atoms with Crippen LogP contribution in [-0.4, -0.2) is 41.7 Å². The van der Waals surface area contributed by atoms with Gasteiger partial charge in [0.25, 0.3) is 0 Å². The van der Waals surface area contributed by atoms with Crippen LogP contribution in [0.3, 0.4) is 0 Å². The van der Waals surface area contributed by atoms with E-state index >= 15 is 0 Å². The Bertz CT molecular complexity index is 622. The van der Waals surface area contributed by atoms with Gasteiger partial charge in [0.05, 0.1) is 5.56 Å². The van der Waals surface area contributed by atoms with Crippen molar-refractivity contribution in [1.29, 1.82) is 0 Å². The van der Waals surface area contributed by atoms with Gasteiger partial charge in [-0.25, -0.2) is 4.79 Å². The molecule has 2 rings (SSSR count). The van der Waals surface area contributed by atoms with Gasteiger partial charge in [-0.15, -0.1) is 0 Å². The molecule has 0 aliphatic rings.